The van der Waals surface area contributed by atoms with Crippen LogP contribution in [-0.4, -0.2) is 18.4 Å². The number of rotatable bonds is 7. The summed E-state index contributed by atoms with van der Waals surface area (Å²) in [6.07, 6.45) is 3.86. The molecule has 1 unspecified atom stereocenters. The van der Waals surface area contributed by atoms with Gasteiger partial charge in [-0.1, -0.05) is 38.8 Å². The number of anilines is 1. The molecule has 3 N–H and O–H groups in total. The minimum Gasteiger partial charge on any atom is -0.484 e. The van der Waals surface area contributed by atoms with Crippen molar-refractivity contribution in [2.45, 2.75) is 46.5 Å². The van der Waals surface area contributed by atoms with Gasteiger partial charge in [0.1, 0.15) is 10.8 Å². The zero-order chi connectivity index (χ0) is 21.2. The Balaban J connectivity index is 1.73. The fraction of sp³-hybridized carbons (Fsp3) is 0.455. The highest BCUT2D eigenvalue weighted by Gasteiger charge is 2.35. The molecule has 2 aromatic rings. The standard InChI is InChI=1S/C22H27ClN2O3S/c1-4-22(2,3)13-5-10-16-17(11-13)29-21(19(16)20(24)27)25-18(26)12-28-15-8-6-14(23)7-9-15/h6-9,13H,4-5,10-12H2,1-3H3,(H2,24,27)(H,25,26). The van der Waals surface area contributed by atoms with Gasteiger partial charge in [-0.05, 0) is 60.4 Å². The van der Waals surface area contributed by atoms with Crippen molar-refractivity contribution in [2.75, 3.05) is 11.9 Å². The summed E-state index contributed by atoms with van der Waals surface area (Å²) in [7, 11) is 0. The largest absolute Gasteiger partial charge is 0.484 e. The molecule has 0 saturated carbocycles. The third kappa shape index (κ3) is 4.93. The van der Waals surface area contributed by atoms with Crippen LogP contribution < -0.4 is 15.8 Å². The molecule has 1 aromatic carbocycles. The predicted molar refractivity (Wildman–Crippen MR) is 118 cm³/mol. The molecule has 0 bridgehead atoms. The van der Waals surface area contributed by atoms with Gasteiger partial charge in [-0.25, -0.2) is 0 Å². The molecule has 1 aliphatic rings. The number of hydrogen-bond acceptors (Lipinski definition) is 4. The first-order valence-corrected chi connectivity index (χ1v) is 11.0. The quantitative estimate of drug-likeness (QED) is 0.639. The number of carbonyl (C=O) groups excluding carboxylic acids is 2. The van der Waals surface area contributed by atoms with E-state index < -0.39 is 5.91 Å². The van der Waals surface area contributed by atoms with Crippen molar-refractivity contribution in [1.29, 1.82) is 0 Å². The van der Waals surface area contributed by atoms with Crippen LogP contribution in [0.3, 0.4) is 0 Å². The van der Waals surface area contributed by atoms with E-state index in [4.69, 9.17) is 22.1 Å². The smallest absolute Gasteiger partial charge is 0.262 e. The summed E-state index contributed by atoms with van der Waals surface area (Å²) >= 11 is 7.32. The van der Waals surface area contributed by atoms with E-state index in [0.29, 0.717) is 27.3 Å². The lowest BCUT2D eigenvalue weighted by atomic mass is 9.69. The summed E-state index contributed by atoms with van der Waals surface area (Å²) in [4.78, 5) is 25.7. The summed E-state index contributed by atoms with van der Waals surface area (Å²) < 4.78 is 5.49. The van der Waals surface area contributed by atoms with Gasteiger partial charge in [-0.15, -0.1) is 11.3 Å². The first-order valence-electron chi connectivity index (χ1n) is 9.83. The van der Waals surface area contributed by atoms with Crippen LogP contribution in [0.5, 0.6) is 5.75 Å². The number of ether oxygens (including phenoxy) is 1. The average molecular weight is 435 g/mol. The topological polar surface area (TPSA) is 81.4 Å². The number of fused-ring (bicyclic) bond motifs is 1. The van der Waals surface area contributed by atoms with Gasteiger partial charge in [0.05, 0.1) is 5.56 Å². The summed E-state index contributed by atoms with van der Waals surface area (Å²) in [5.41, 5.74) is 7.35. The van der Waals surface area contributed by atoms with Crippen LogP contribution in [0.1, 0.15) is 54.4 Å². The van der Waals surface area contributed by atoms with Crippen molar-refractivity contribution in [2.24, 2.45) is 17.1 Å². The number of nitrogens with two attached hydrogens (primary N) is 1. The van der Waals surface area contributed by atoms with Crippen molar-refractivity contribution in [3.05, 3.63) is 45.3 Å². The molecule has 0 radical (unpaired) electrons. The van der Waals surface area contributed by atoms with E-state index in [0.717, 1.165) is 36.1 Å². The van der Waals surface area contributed by atoms with Gasteiger partial charge in [0.2, 0.25) is 0 Å². The number of hydrogen-bond donors (Lipinski definition) is 2. The highest BCUT2D eigenvalue weighted by molar-refractivity contribution is 7.17. The van der Waals surface area contributed by atoms with Crippen LogP contribution in [-0.2, 0) is 17.6 Å². The Morgan fingerprint density at radius 3 is 2.62 bits per heavy atom. The monoisotopic (exact) mass is 434 g/mol. The molecule has 0 fully saturated rings. The fourth-order valence-electron chi connectivity index (χ4n) is 3.73. The van der Waals surface area contributed by atoms with Gasteiger partial charge in [0.25, 0.3) is 11.8 Å². The molecule has 2 amide bonds. The van der Waals surface area contributed by atoms with Crippen LogP contribution >= 0.6 is 22.9 Å². The lowest BCUT2D eigenvalue weighted by Crippen LogP contribution is -2.29. The highest BCUT2D eigenvalue weighted by Crippen LogP contribution is 2.45. The lowest BCUT2D eigenvalue weighted by Gasteiger charge is -2.36. The SMILES string of the molecule is CCC(C)(C)C1CCc2c(sc(NC(=O)COc3ccc(Cl)cc3)c2C(N)=O)C1. The van der Waals surface area contributed by atoms with Crippen LogP contribution in [0.15, 0.2) is 24.3 Å². The number of halogens is 1. The van der Waals surface area contributed by atoms with E-state index in [1.165, 1.54) is 11.3 Å². The summed E-state index contributed by atoms with van der Waals surface area (Å²) in [6, 6.07) is 6.79. The lowest BCUT2D eigenvalue weighted by molar-refractivity contribution is -0.118. The number of primary amides is 1. The number of amides is 2. The highest BCUT2D eigenvalue weighted by atomic mass is 35.5. The molecular formula is C22H27ClN2O3S. The Labute approximate surface area is 180 Å². The van der Waals surface area contributed by atoms with Gasteiger partial charge >= 0.3 is 0 Å². The third-order valence-electron chi connectivity index (χ3n) is 5.96. The maximum Gasteiger partial charge on any atom is 0.262 e. The van der Waals surface area contributed by atoms with E-state index in [1.807, 2.05) is 0 Å². The molecule has 29 heavy (non-hydrogen) atoms. The zero-order valence-corrected chi connectivity index (χ0v) is 18.6. The van der Waals surface area contributed by atoms with Crippen molar-refractivity contribution in [3.8, 4) is 5.75 Å². The van der Waals surface area contributed by atoms with E-state index in [2.05, 4.69) is 26.1 Å². The molecule has 0 spiro atoms. The molecule has 5 nitrogen and oxygen atoms in total. The van der Waals surface area contributed by atoms with E-state index in [1.54, 1.807) is 24.3 Å². The molecule has 1 aromatic heterocycles. The minimum absolute atomic E-state index is 0.159. The molecule has 0 aliphatic heterocycles. The number of thiophene rings is 1. The molecule has 3 rings (SSSR count). The zero-order valence-electron chi connectivity index (χ0n) is 17.0. The number of carbonyl (C=O) groups is 2. The molecule has 156 valence electrons. The first-order chi connectivity index (χ1) is 13.7. The van der Waals surface area contributed by atoms with Crippen LogP contribution in [0.25, 0.3) is 0 Å². The van der Waals surface area contributed by atoms with Gasteiger partial charge < -0.3 is 15.8 Å². The second-order valence-electron chi connectivity index (χ2n) is 8.14. The first kappa shape index (κ1) is 21.7. The van der Waals surface area contributed by atoms with E-state index in [9.17, 15) is 9.59 Å². The Morgan fingerprint density at radius 1 is 1.31 bits per heavy atom. The molecule has 7 heteroatoms. The fourth-order valence-corrected chi connectivity index (χ4v) is 5.21. The van der Waals surface area contributed by atoms with Crippen LogP contribution in [0.4, 0.5) is 5.00 Å². The van der Waals surface area contributed by atoms with Crippen molar-refractivity contribution < 1.29 is 14.3 Å². The van der Waals surface area contributed by atoms with Gasteiger partial charge in [-0.2, -0.15) is 0 Å². The number of nitrogens with one attached hydrogen (secondary N) is 1. The third-order valence-corrected chi connectivity index (χ3v) is 7.39. The molecular weight excluding hydrogens is 408 g/mol. The van der Waals surface area contributed by atoms with Gasteiger partial charge in [0.15, 0.2) is 6.61 Å². The second kappa shape index (κ2) is 8.76. The van der Waals surface area contributed by atoms with Crippen molar-refractivity contribution >= 4 is 39.8 Å². The Morgan fingerprint density at radius 2 is 2.00 bits per heavy atom. The van der Waals surface area contributed by atoms with Gasteiger partial charge in [-0.3, -0.25) is 9.59 Å². The predicted octanol–water partition coefficient (Wildman–Crippen LogP) is 5.06. The van der Waals surface area contributed by atoms with E-state index in [-0.39, 0.29) is 17.9 Å². The summed E-state index contributed by atoms with van der Waals surface area (Å²) in [5.74, 6) is 0.280. The Bertz CT molecular complexity index is 906. The molecule has 1 heterocycles. The maximum absolute atomic E-state index is 12.4. The number of benzene rings is 1. The molecule has 1 aliphatic carbocycles. The van der Waals surface area contributed by atoms with Crippen LogP contribution in [0, 0.1) is 11.3 Å². The average Bonchev–Trinajstić information content (AvgIpc) is 3.04. The minimum atomic E-state index is -0.496. The van der Waals surface area contributed by atoms with E-state index >= 15 is 0 Å². The maximum atomic E-state index is 12.4. The molecule has 0 saturated heterocycles. The van der Waals surface area contributed by atoms with Crippen molar-refractivity contribution in [3.63, 3.8) is 0 Å². The normalized spacial score (nSPS) is 16.2. The van der Waals surface area contributed by atoms with Crippen molar-refractivity contribution in [1.82, 2.24) is 0 Å². The Kier molecular flexibility index (Phi) is 6.54. The second-order valence-corrected chi connectivity index (χ2v) is 9.69. The Hall–Kier alpha value is -2.05. The van der Waals surface area contributed by atoms with Gasteiger partial charge in [0, 0.05) is 9.90 Å². The molecule has 1 atom stereocenters. The summed E-state index contributed by atoms with van der Waals surface area (Å²) in [6.45, 7) is 6.64. The summed E-state index contributed by atoms with van der Waals surface area (Å²) in [5, 5.41) is 3.95. The van der Waals surface area contributed by atoms with Crippen LogP contribution in [0.2, 0.25) is 5.02 Å².